The Bertz CT molecular complexity index is 400. The number of hydrogen-bond donors (Lipinski definition) is 0. The van der Waals surface area contributed by atoms with E-state index in [2.05, 4.69) is 4.98 Å². The lowest BCUT2D eigenvalue weighted by Gasteiger charge is -2.21. The average Bonchev–Trinajstić information content (AvgIpc) is 2.29. The molecule has 0 saturated carbocycles. The monoisotopic (exact) mass is 259 g/mol. The summed E-state index contributed by atoms with van der Waals surface area (Å²) >= 11 is 5.76. The Morgan fingerprint density at radius 2 is 2.29 bits per heavy atom. The van der Waals surface area contributed by atoms with Crippen molar-refractivity contribution in [2.24, 2.45) is 0 Å². The molecule has 0 spiro atoms. The van der Waals surface area contributed by atoms with Crippen LogP contribution < -0.4 is 4.90 Å². The molecule has 0 unspecified atom stereocenters. The van der Waals surface area contributed by atoms with Gasteiger partial charge in [0, 0.05) is 26.3 Å². The zero-order valence-electron chi connectivity index (χ0n) is 9.72. The zero-order valence-corrected chi connectivity index (χ0v) is 10.5. The molecule has 0 aliphatic rings. The number of aromatic nitrogens is 1. The minimum atomic E-state index is -0.464. The molecule has 1 aromatic rings. The lowest BCUT2D eigenvalue weighted by atomic mass is 10.3. The van der Waals surface area contributed by atoms with E-state index in [9.17, 15) is 10.1 Å². The molecule has 0 N–H and O–H groups in total. The van der Waals surface area contributed by atoms with E-state index in [4.69, 9.17) is 16.3 Å². The summed E-state index contributed by atoms with van der Waals surface area (Å²) in [7, 11) is 1.58. The molecule has 0 amide bonds. The van der Waals surface area contributed by atoms with Crippen LogP contribution in [-0.4, -0.2) is 36.7 Å². The highest BCUT2D eigenvalue weighted by Crippen LogP contribution is 2.27. The highest BCUT2D eigenvalue weighted by molar-refractivity contribution is 6.29. The normalized spacial score (nSPS) is 10.3. The molecule has 0 fully saturated rings. The number of anilines is 1. The van der Waals surface area contributed by atoms with Gasteiger partial charge in [0.1, 0.15) is 5.15 Å². The van der Waals surface area contributed by atoms with Gasteiger partial charge in [0.15, 0.2) is 0 Å². The molecule has 94 valence electrons. The van der Waals surface area contributed by atoms with Crippen molar-refractivity contribution in [3.05, 3.63) is 27.4 Å². The van der Waals surface area contributed by atoms with E-state index in [-0.39, 0.29) is 16.7 Å². The van der Waals surface area contributed by atoms with Gasteiger partial charge >= 0.3 is 5.69 Å². The summed E-state index contributed by atoms with van der Waals surface area (Å²) in [6.07, 6.45) is 0. The van der Waals surface area contributed by atoms with Crippen LogP contribution in [0.15, 0.2) is 12.1 Å². The molecule has 17 heavy (non-hydrogen) atoms. The second-order valence-electron chi connectivity index (χ2n) is 3.31. The number of hydrogen-bond acceptors (Lipinski definition) is 5. The third-order valence-electron chi connectivity index (χ3n) is 2.26. The molecule has 0 aliphatic heterocycles. The van der Waals surface area contributed by atoms with Gasteiger partial charge in [-0.25, -0.2) is 4.98 Å². The van der Waals surface area contributed by atoms with Crippen molar-refractivity contribution in [3.8, 4) is 0 Å². The predicted molar refractivity (Wildman–Crippen MR) is 65.7 cm³/mol. The maximum Gasteiger partial charge on any atom is 0.311 e. The van der Waals surface area contributed by atoms with Crippen molar-refractivity contribution in [1.29, 1.82) is 0 Å². The summed E-state index contributed by atoms with van der Waals surface area (Å²) in [5.74, 6) is 0.280. The van der Waals surface area contributed by atoms with E-state index in [0.717, 1.165) is 0 Å². The third kappa shape index (κ3) is 3.54. The number of rotatable bonds is 6. The molecule has 7 heteroatoms. The van der Waals surface area contributed by atoms with Crippen LogP contribution >= 0.6 is 11.6 Å². The first-order valence-electron chi connectivity index (χ1n) is 5.15. The Balaban J connectivity index is 3.06. The van der Waals surface area contributed by atoms with E-state index >= 15 is 0 Å². The first-order valence-corrected chi connectivity index (χ1v) is 5.52. The molecule has 0 aromatic carbocycles. The second-order valence-corrected chi connectivity index (χ2v) is 3.69. The zero-order chi connectivity index (χ0) is 12.8. The topological polar surface area (TPSA) is 68.5 Å². The van der Waals surface area contributed by atoms with Gasteiger partial charge in [0.05, 0.1) is 11.5 Å². The maximum absolute atomic E-state index is 10.9. The molecule has 6 nitrogen and oxygen atoms in total. The summed E-state index contributed by atoms with van der Waals surface area (Å²) in [5, 5.41) is 11.1. The Morgan fingerprint density at radius 1 is 1.59 bits per heavy atom. The quantitative estimate of drug-likeness (QED) is 0.445. The Hall–Kier alpha value is -1.40. The fraction of sp³-hybridized carbons (Fsp3) is 0.500. The number of nitrogens with zero attached hydrogens (tertiary/aromatic N) is 3. The van der Waals surface area contributed by atoms with Crippen LogP contribution in [0.25, 0.3) is 0 Å². The molecule has 0 aliphatic carbocycles. The van der Waals surface area contributed by atoms with Crippen LogP contribution in [0.2, 0.25) is 5.15 Å². The van der Waals surface area contributed by atoms with E-state index in [1.165, 1.54) is 12.1 Å². The predicted octanol–water partition coefficient (Wildman–Crippen LogP) is 2.12. The van der Waals surface area contributed by atoms with Crippen LogP contribution in [0, 0.1) is 10.1 Å². The van der Waals surface area contributed by atoms with Crippen molar-refractivity contribution in [3.63, 3.8) is 0 Å². The summed E-state index contributed by atoms with van der Waals surface area (Å²) in [5.41, 5.74) is -0.0487. The summed E-state index contributed by atoms with van der Waals surface area (Å²) < 4.78 is 4.95. The minimum absolute atomic E-state index is 0.0487. The average molecular weight is 260 g/mol. The summed E-state index contributed by atoms with van der Waals surface area (Å²) in [6.45, 7) is 3.49. The number of ether oxygens (including phenoxy) is 1. The van der Waals surface area contributed by atoms with Gasteiger partial charge in [-0.1, -0.05) is 11.6 Å². The molecule has 1 rings (SSSR count). The van der Waals surface area contributed by atoms with Gasteiger partial charge in [-0.3, -0.25) is 10.1 Å². The standard InChI is InChI=1S/C10H14ClN3O3/c1-3-13(6-7-17-2)10-8(14(15)16)4-5-9(11)12-10/h4-5H,3,6-7H2,1-2H3. The van der Waals surface area contributed by atoms with Crippen molar-refractivity contribution >= 4 is 23.1 Å². The smallest absolute Gasteiger partial charge is 0.311 e. The molecular formula is C10H14ClN3O3. The number of pyridine rings is 1. The fourth-order valence-corrected chi connectivity index (χ4v) is 1.55. The number of likely N-dealkylation sites (N-methyl/N-ethyl adjacent to an activating group) is 1. The van der Waals surface area contributed by atoms with E-state index in [1.54, 1.807) is 12.0 Å². The van der Waals surface area contributed by atoms with Crippen molar-refractivity contribution in [2.45, 2.75) is 6.92 Å². The SMILES string of the molecule is CCN(CCOC)c1nc(Cl)ccc1[N+](=O)[O-]. The fourth-order valence-electron chi connectivity index (χ4n) is 1.41. The van der Waals surface area contributed by atoms with Gasteiger partial charge in [0.2, 0.25) is 5.82 Å². The minimum Gasteiger partial charge on any atom is -0.383 e. The molecule has 1 heterocycles. The maximum atomic E-state index is 10.9. The lowest BCUT2D eigenvalue weighted by Crippen LogP contribution is -2.28. The Kier molecular flexibility index (Phi) is 5.11. The first-order chi connectivity index (χ1) is 8.10. The van der Waals surface area contributed by atoms with Gasteiger partial charge in [0.25, 0.3) is 0 Å². The highest BCUT2D eigenvalue weighted by atomic mass is 35.5. The highest BCUT2D eigenvalue weighted by Gasteiger charge is 2.20. The molecule has 0 saturated heterocycles. The second kappa shape index (κ2) is 6.36. The molecular weight excluding hydrogens is 246 g/mol. The van der Waals surface area contributed by atoms with Crippen LogP contribution in [0.5, 0.6) is 0 Å². The number of halogens is 1. The lowest BCUT2D eigenvalue weighted by molar-refractivity contribution is -0.384. The van der Waals surface area contributed by atoms with Crippen molar-refractivity contribution in [1.82, 2.24) is 4.98 Å². The van der Waals surface area contributed by atoms with Gasteiger partial charge in [-0.15, -0.1) is 0 Å². The van der Waals surface area contributed by atoms with E-state index in [1.807, 2.05) is 6.92 Å². The molecule has 0 radical (unpaired) electrons. The molecule has 0 bridgehead atoms. The van der Waals surface area contributed by atoms with E-state index in [0.29, 0.717) is 19.7 Å². The summed E-state index contributed by atoms with van der Waals surface area (Å²) in [6, 6.07) is 2.77. The van der Waals surface area contributed by atoms with Gasteiger partial charge < -0.3 is 9.64 Å². The van der Waals surface area contributed by atoms with Crippen LogP contribution in [-0.2, 0) is 4.74 Å². The van der Waals surface area contributed by atoms with Gasteiger partial charge in [-0.2, -0.15) is 0 Å². The number of methoxy groups -OCH3 is 1. The van der Waals surface area contributed by atoms with Crippen LogP contribution in [0.3, 0.4) is 0 Å². The molecule has 0 atom stereocenters. The molecule has 1 aromatic heterocycles. The van der Waals surface area contributed by atoms with Crippen molar-refractivity contribution in [2.75, 3.05) is 31.7 Å². The van der Waals surface area contributed by atoms with Gasteiger partial charge in [-0.05, 0) is 13.0 Å². The largest absolute Gasteiger partial charge is 0.383 e. The van der Waals surface area contributed by atoms with Crippen LogP contribution in [0.4, 0.5) is 11.5 Å². The van der Waals surface area contributed by atoms with Crippen molar-refractivity contribution < 1.29 is 9.66 Å². The Labute approximate surface area is 104 Å². The van der Waals surface area contributed by atoms with E-state index < -0.39 is 4.92 Å². The summed E-state index contributed by atoms with van der Waals surface area (Å²) in [4.78, 5) is 16.2. The first kappa shape index (κ1) is 13.7. The number of nitro groups is 1. The van der Waals surface area contributed by atoms with Crippen LogP contribution in [0.1, 0.15) is 6.92 Å². The third-order valence-corrected chi connectivity index (χ3v) is 2.47. The Morgan fingerprint density at radius 3 is 2.82 bits per heavy atom.